The van der Waals surface area contributed by atoms with Crippen molar-refractivity contribution < 1.29 is 4.79 Å². The fourth-order valence-corrected chi connectivity index (χ4v) is 3.60. The number of likely N-dealkylation sites (tertiary alicyclic amines) is 1. The van der Waals surface area contributed by atoms with E-state index in [1.54, 1.807) is 6.20 Å². The number of fused-ring (bicyclic) bond motifs is 1. The number of piperidine rings is 1. The average Bonchev–Trinajstić information content (AvgIpc) is 2.79. The van der Waals surface area contributed by atoms with E-state index in [0.717, 1.165) is 36.7 Å². The number of unbranched alkanes of at least 4 members (excludes halogenated alkanes) is 1. The Hall–Kier alpha value is -2.68. The first-order chi connectivity index (χ1) is 13.7. The van der Waals surface area contributed by atoms with Crippen LogP contribution in [0.1, 0.15) is 61.4 Å². The van der Waals surface area contributed by atoms with Crippen LogP contribution in [0.15, 0.2) is 67.0 Å². The molecule has 3 heteroatoms. The summed E-state index contributed by atoms with van der Waals surface area (Å²) in [4.78, 5) is 19.2. The molecule has 146 valence electrons. The van der Waals surface area contributed by atoms with Crippen LogP contribution in [0.5, 0.6) is 0 Å². The van der Waals surface area contributed by atoms with Crippen molar-refractivity contribution in [3.05, 3.63) is 78.1 Å². The molecule has 1 fully saturated rings. The zero-order chi connectivity index (χ0) is 19.8. The number of nitrogens with zero attached hydrogens (tertiary/aromatic N) is 2. The molecule has 3 aromatic rings. The predicted molar refractivity (Wildman–Crippen MR) is 117 cm³/mol. The number of carbonyl (C=O) groups excluding carboxylic acids is 1. The SMILES string of the molecule is CCCC.O=C(c1cncc2ccccc12)N1CCC(c2ccccc2)CC1. The molecule has 0 radical (unpaired) electrons. The lowest BCUT2D eigenvalue weighted by Gasteiger charge is -2.32. The smallest absolute Gasteiger partial charge is 0.256 e. The predicted octanol–water partition coefficient (Wildman–Crippen LogP) is 6.06. The molecule has 1 aliphatic heterocycles. The first-order valence-corrected chi connectivity index (χ1v) is 10.4. The van der Waals surface area contributed by atoms with E-state index in [1.807, 2.05) is 35.4 Å². The second-order valence-electron chi connectivity index (χ2n) is 7.39. The van der Waals surface area contributed by atoms with Crippen LogP contribution in [0, 0.1) is 0 Å². The molecule has 28 heavy (non-hydrogen) atoms. The van der Waals surface area contributed by atoms with Gasteiger partial charge in [-0.15, -0.1) is 0 Å². The number of benzene rings is 2. The van der Waals surface area contributed by atoms with Crippen molar-refractivity contribution in [3.63, 3.8) is 0 Å². The summed E-state index contributed by atoms with van der Waals surface area (Å²) < 4.78 is 0. The van der Waals surface area contributed by atoms with Crippen molar-refractivity contribution in [2.45, 2.75) is 45.4 Å². The van der Waals surface area contributed by atoms with Crippen molar-refractivity contribution >= 4 is 16.7 Å². The monoisotopic (exact) mass is 374 g/mol. The zero-order valence-electron chi connectivity index (χ0n) is 17.0. The summed E-state index contributed by atoms with van der Waals surface area (Å²) >= 11 is 0. The molecule has 2 heterocycles. The van der Waals surface area contributed by atoms with Gasteiger partial charge in [0.2, 0.25) is 0 Å². The van der Waals surface area contributed by atoms with E-state index >= 15 is 0 Å². The van der Waals surface area contributed by atoms with E-state index in [9.17, 15) is 4.79 Å². The molecule has 0 unspecified atom stereocenters. The van der Waals surface area contributed by atoms with E-state index < -0.39 is 0 Å². The third-order valence-electron chi connectivity index (χ3n) is 5.45. The average molecular weight is 375 g/mol. The summed E-state index contributed by atoms with van der Waals surface area (Å²) in [6, 6.07) is 18.6. The number of pyridine rings is 1. The fourth-order valence-electron chi connectivity index (χ4n) is 3.60. The Morgan fingerprint density at radius 2 is 1.57 bits per heavy atom. The van der Waals surface area contributed by atoms with E-state index in [2.05, 4.69) is 49.2 Å². The minimum atomic E-state index is 0.103. The summed E-state index contributed by atoms with van der Waals surface area (Å²) in [5.41, 5.74) is 2.10. The Morgan fingerprint density at radius 3 is 2.25 bits per heavy atom. The van der Waals surface area contributed by atoms with Crippen LogP contribution in [0.25, 0.3) is 10.8 Å². The van der Waals surface area contributed by atoms with Gasteiger partial charge in [0.05, 0.1) is 5.56 Å². The summed E-state index contributed by atoms with van der Waals surface area (Å²) in [6.45, 7) is 5.98. The van der Waals surface area contributed by atoms with Gasteiger partial charge in [-0.25, -0.2) is 0 Å². The number of aromatic nitrogens is 1. The zero-order valence-corrected chi connectivity index (χ0v) is 17.0. The van der Waals surface area contributed by atoms with Gasteiger partial charge in [-0.2, -0.15) is 0 Å². The number of amides is 1. The largest absolute Gasteiger partial charge is 0.339 e. The van der Waals surface area contributed by atoms with Gasteiger partial charge in [-0.3, -0.25) is 9.78 Å². The molecule has 1 amide bonds. The van der Waals surface area contributed by atoms with Gasteiger partial charge in [-0.05, 0) is 29.7 Å². The molecule has 0 atom stereocenters. The number of rotatable bonds is 3. The third kappa shape index (κ3) is 4.78. The maximum atomic E-state index is 12.9. The summed E-state index contributed by atoms with van der Waals surface area (Å²) in [5.74, 6) is 0.659. The highest BCUT2D eigenvalue weighted by atomic mass is 16.2. The number of carbonyl (C=O) groups is 1. The minimum Gasteiger partial charge on any atom is -0.339 e. The van der Waals surface area contributed by atoms with E-state index in [0.29, 0.717) is 11.5 Å². The number of hydrogen-bond acceptors (Lipinski definition) is 2. The minimum absolute atomic E-state index is 0.103. The van der Waals surface area contributed by atoms with E-state index in [4.69, 9.17) is 0 Å². The van der Waals surface area contributed by atoms with Crippen LogP contribution in [-0.2, 0) is 0 Å². The van der Waals surface area contributed by atoms with Gasteiger partial charge < -0.3 is 4.90 Å². The van der Waals surface area contributed by atoms with Gasteiger partial charge >= 0.3 is 0 Å². The second kappa shape index (κ2) is 10.0. The van der Waals surface area contributed by atoms with Crippen molar-refractivity contribution in [1.82, 2.24) is 9.88 Å². The maximum Gasteiger partial charge on any atom is 0.256 e. The van der Waals surface area contributed by atoms with Crippen LogP contribution < -0.4 is 0 Å². The molecular weight excluding hydrogens is 344 g/mol. The normalized spacial score (nSPS) is 14.4. The molecule has 0 aliphatic carbocycles. The Bertz CT molecular complexity index is 876. The Labute approximate surface area is 168 Å². The van der Waals surface area contributed by atoms with Crippen molar-refractivity contribution in [3.8, 4) is 0 Å². The second-order valence-corrected chi connectivity index (χ2v) is 7.39. The van der Waals surface area contributed by atoms with Crippen molar-refractivity contribution in [2.75, 3.05) is 13.1 Å². The van der Waals surface area contributed by atoms with Gasteiger partial charge in [0.25, 0.3) is 5.91 Å². The van der Waals surface area contributed by atoms with Crippen molar-refractivity contribution in [1.29, 1.82) is 0 Å². The van der Waals surface area contributed by atoms with Gasteiger partial charge in [0.15, 0.2) is 0 Å². The molecule has 1 aromatic heterocycles. The van der Waals surface area contributed by atoms with E-state index in [1.165, 1.54) is 18.4 Å². The van der Waals surface area contributed by atoms with Crippen LogP contribution >= 0.6 is 0 Å². The molecule has 3 nitrogen and oxygen atoms in total. The summed E-state index contributed by atoms with van der Waals surface area (Å²) in [6.07, 6.45) is 8.20. The summed E-state index contributed by atoms with van der Waals surface area (Å²) in [5, 5.41) is 2.00. The van der Waals surface area contributed by atoms with Crippen LogP contribution in [-0.4, -0.2) is 28.9 Å². The first-order valence-electron chi connectivity index (χ1n) is 10.4. The third-order valence-corrected chi connectivity index (χ3v) is 5.45. The lowest BCUT2D eigenvalue weighted by molar-refractivity contribution is 0.0714. The first kappa shape index (κ1) is 20.1. The lowest BCUT2D eigenvalue weighted by atomic mass is 9.89. The topological polar surface area (TPSA) is 33.2 Å². The van der Waals surface area contributed by atoms with Gasteiger partial charge in [0, 0.05) is 30.9 Å². The molecule has 2 aromatic carbocycles. The summed E-state index contributed by atoms with van der Waals surface area (Å²) in [7, 11) is 0. The van der Waals surface area contributed by atoms with Crippen LogP contribution in [0.2, 0.25) is 0 Å². The van der Waals surface area contributed by atoms with Gasteiger partial charge in [0.1, 0.15) is 0 Å². The maximum absolute atomic E-state index is 12.9. The quantitative estimate of drug-likeness (QED) is 0.558. The van der Waals surface area contributed by atoms with Crippen LogP contribution in [0.4, 0.5) is 0 Å². The fraction of sp³-hybridized carbons (Fsp3) is 0.360. The number of hydrogen-bond donors (Lipinski definition) is 0. The molecular formula is C25H30N2O. The van der Waals surface area contributed by atoms with Crippen molar-refractivity contribution in [2.24, 2.45) is 0 Å². The molecule has 4 rings (SSSR count). The van der Waals surface area contributed by atoms with Crippen LogP contribution in [0.3, 0.4) is 0 Å². The van der Waals surface area contributed by atoms with Gasteiger partial charge in [-0.1, -0.05) is 81.3 Å². The molecule has 1 saturated heterocycles. The Kier molecular flexibility index (Phi) is 7.18. The molecule has 0 spiro atoms. The molecule has 1 aliphatic rings. The highest BCUT2D eigenvalue weighted by Crippen LogP contribution is 2.29. The Balaban J connectivity index is 0.000000516. The molecule has 0 saturated carbocycles. The molecule has 0 N–H and O–H groups in total. The highest BCUT2D eigenvalue weighted by molar-refractivity contribution is 6.06. The van der Waals surface area contributed by atoms with E-state index in [-0.39, 0.29) is 5.91 Å². The highest BCUT2D eigenvalue weighted by Gasteiger charge is 2.25. The lowest BCUT2D eigenvalue weighted by Crippen LogP contribution is -2.38. The standard InChI is InChI=1S/C21H20N2O.C4H10/c24-21(20-15-22-14-18-8-4-5-9-19(18)20)23-12-10-17(11-13-23)16-6-2-1-3-7-16;1-3-4-2/h1-9,14-15,17H,10-13H2;3-4H2,1-2H3. The molecule has 0 bridgehead atoms. The Morgan fingerprint density at radius 1 is 0.929 bits per heavy atom.